The van der Waals surface area contributed by atoms with Crippen molar-refractivity contribution in [1.82, 2.24) is 14.9 Å². The Morgan fingerprint density at radius 3 is 1.97 bits per heavy atom. The fourth-order valence-electron chi connectivity index (χ4n) is 4.39. The number of rotatable bonds is 5. The average molecular weight is 408 g/mol. The van der Waals surface area contributed by atoms with Crippen molar-refractivity contribution in [2.24, 2.45) is 11.8 Å². The molecule has 0 amide bonds. The number of nitrogens with zero attached hydrogens (tertiary/aromatic N) is 4. The highest BCUT2D eigenvalue weighted by molar-refractivity contribution is 5.97. The largest absolute Gasteiger partial charge is 0.384 e. The van der Waals surface area contributed by atoms with Crippen molar-refractivity contribution in [3.05, 3.63) is 47.8 Å². The van der Waals surface area contributed by atoms with Crippen molar-refractivity contribution in [2.75, 3.05) is 43.9 Å². The van der Waals surface area contributed by atoms with Gasteiger partial charge in [0, 0.05) is 24.9 Å². The molecule has 0 aromatic carbocycles. The predicted octanol–water partition coefficient (Wildman–Crippen LogP) is 2.68. The Bertz CT molecular complexity index is 915. The van der Waals surface area contributed by atoms with Crippen molar-refractivity contribution in [3.63, 3.8) is 0 Å². The second-order valence-corrected chi connectivity index (χ2v) is 8.40. The van der Waals surface area contributed by atoms with E-state index in [9.17, 15) is 9.59 Å². The van der Waals surface area contributed by atoms with Crippen LogP contribution in [0.2, 0.25) is 0 Å². The number of ketones is 2. The number of likely N-dealkylation sites (tertiary alicyclic amines) is 1. The van der Waals surface area contributed by atoms with E-state index in [0.29, 0.717) is 17.2 Å². The molecule has 0 radical (unpaired) electrons. The highest BCUT2D eigenvalue weighted by atomic mass is 16.1. The molecule has 2 aliphatic rings. The van der Waals surface area contributed by atoms with Crippen LogP contribution >= 0.6 is 0 Å². The van der Waals surface area contributed by atoms with Crippen molar-refractivity contribution in [2.45, 2.75) is 25.7 Å². The second-order valence-electron chi connectivity index (χ2n) is 8.40. The first-order valence-corrected chi connectivity index (χ1v) is 10.7. The van der Waals surface area contributed by atoms with E-state index in [4.69, 9.17) is 5.73 Å². The van der Waals surface area contributed by atoms with Gasteiger partial charge in [-0.2, -0.15) is 0 Å². The standard InChI is InChI=1S/C23H29N5O2/c1-27-12-8-16(9-13-27)23(30)19-5-3-7-21(26-19)28-14-10-17(11-15-28)22(29)18-4-2-6-20(24)25-18/h2-7,16-17H,8-15H2,1H3,(H2,24,25). The lowest BCUT2D eigenvalue weighted by Crippen LogP contribution is -2.37. The van der Waals surface area contributed by atoms with Gasteiger partial charge in [-0.25, -0.2) is 9.97 Å². The van der Waals surface area contributed by atoms with Crippen LogP contribution in [-0.4, -0.2) is 59.7 Å². The smallest absolute Gasteiger partial charge is 0.184 e. The van der Waals surface area contributed by atoms with Gasteiger partial charge in [0.25, 0.3) is 0 Å². The van der Waals surface area contributed by atoms with Crippen LogP contribution in [0.4, 0.5) is 11.6 Å². The van der Waals surface area contributed by atoms with E-state index in [1.54, 1.807) is 18.2 Å². The molecule has 0 unspecified atom stereocenters. The Balaban J connectivity index is 1.38. The number of aromatic nitrogens is 2. The maximum Gasteiger partial charge on any atom is 0.184 e. The minimum Gasteiger partial charge on any atom is -0.384 e. The lowest BCUT2D eigenvalue weighted by Gasteiger charge is -2.32. The summed E-state index contributed by atoms with van der Waals surface area (Å²) in [5, 5.41) is 0. The van der Waals surface area contributed by atoms with Gasteiger partial charge in [-0.1, -0.05) is 12.1 Å². The molecule has 30 heavy (non-hydrogen) atoms. The van der Waals surface area contributed by atoms with Crippen LogP contribution in [0, 0.1) is 11.8 Å². The zero-order chi connectivity index (χ0) is 21.1. The molecule has 0 saturated carbocycles. The van der Waals surface area contributed by atoms with E-state index in [1.807, 2.05) is 18.2 Å². The summed E-state index contributed by atoms with van der Waals surface area (Å²) in [4.78, 5) is 38.9. The summed E-state index contributed by atoms with van der Waals surface area (Å²) in [6.45, 7) is 3.38. The number of hydrogen-bond donors (Lipinski definition) is 1. The second kappa shape index (κ2) is 8.92. The molecule has 2 saturated heterocycles. The SMILES string of the molecule is CN1CCC(C(=O)c2cccc(N3CCC(C(=O)c4cccc(N)n4)CC3)n2)CC1. The zero-order valence-electron chi connectivity index (χ0n) is 17.5. The van der Waals surface area contributed by atoms with Gasteiger partial charge in [0.05, 0.1) is 0 Å². The summed E-state index contributed by atoms with van der Waals surface area (Å²) < 4.78 is 0. The first-order chi connectivity index (χ1) is 14.5. The number of hydrogen-bond acceptors (Lipinski definition) is 7. The highest BCUT2D eigenvalue weighted by Crippen LogP contribution is 2.26. The summed E-state index contributed by atoms with van der Waals surface area (Å²) in [5.74, 6) is 1.41. The highest BCUT2D eigenvalue weighted by Gasteiger charge is 2.29. The average Bonchev–Trinajstić information content (AvgIpc) is 2.79. The molecule has 4 heterocycles. The van der Waals surface area contributed by atoms with Crippen LogP contribution in [0.1, 0.15) is 46.7 Å². The molecular formula is C23H29N5O2. The number of anilines is 2. The van der Waals surface area contributed by atoms with E-state index in [1.165, 1.54) is 0 Å². The minimum absolute atomic E-state index is 0.0559. The van der Waals surface area contributed by atoms with Gasteiger partial charge < -0.3 is 15.5 Å². The van der Waals surface area contributed by atoms with E-state index in [2.05, 4.69) is 26.8 Å². The number of piperidine rings is 2. The first kappa shape index (κ1) is 20.5. The Morgan fingerprint density at radius 2 is 1.37 bits per heavy atom. The molecule has 2 N–H and O–H groups in total. The van der Waals surface area contributed by atoms with Crippen LogP contribution in [0.5, 0.6) is 0 Å². The molecule has 0 aliphatic carbocycles. The summed E-state index contributed by atoms with van der Waals surface area (Å²) in [5.41, 5.74) is 6.71. The lowest BCUT2D eigenvalue weighted by molar-refractivity contribution is 0.0851. The van der Waals surface area contributed by atoms with E-state index < -0.39 is 0 Å². The van der Waals surface area contributed by atoms with E-state index in [0.717, 1.165) is 57.7 Å². The normalized spacial score (nSPS) is 19.0. The molecule has 2 aromatic heterocycles. The topological polar surface area (TPSA) is 92.4 Å². The molecule has 2 aromatic rings. The predicted molar refractivity (Wildman–Crippen MR) is 117 cm³/mol. The molecule has 7 heteroatoms. The molecule has 4 rings (SSSR count). The van der Waals surface area contributed by atoms with Crippen LogP contribution in [0.15, 0.2) is 36.4 Å². The molecule has 7 nitrogen and oxygen atoms in total. The summed E-state index contributed by atoms with van der Waals surface area (Å²) in [7, 11) is 2.09. The first-order valence-electron chi connectivity index (χ1n) is 10.7. The lowest BCUT2D eigenvalue weighted by atomic mass is 9.90. The zero-order valence-corrected chi connectivity index (χ0v) is 17.5. The summed E-state index contributed by atoms with van der Waals surface area (Å²) in [6.07, 6.45) is 3.27. The number of pyridine rings is 2. The van der Waals surface area contributed by atoms with Crippen molar-refractivity contribution < 1.29 is 9.59 Å². The maximum atomic E-state index is 12.9. The van der Waals surface area contributed by atoms with Crippen molar-refractivity contribution in [3.8, 4) is 0 Å². The fraction of sp³-hybridized carbons (Fsp3) is 0.478. The van der Waals surface area contributed by atoms with Gasteiger partial charge in [-0.05, 0) is 70.1 Å². The number of nitrogen functional groups attached to an aromatic ring is 1. The molecule has 0 bridgehead atoms. The summed E-state index contributed by atoms with van der Waals surface area (Å²) in [6, 6.07) is 10.9. The Morgan fingerprint density at radius 1 is 0.833 bits per heavy atom. The molecule has 2 aliphatic heterocycles. The van der Waals surface area contributed by atoms with E-state index >= 15 is 0 Å². The molecule has 0 spiro atoms. The quantitative estimate of drug-likeness (QED) is 0.762. The Kier molecular flexibility index (Phi) is 6.08. The van der Waals surface area contributed by atoms with E-state index in [-0.39, 0.29) is 23.4 Å². The van der Waals surface area contributed by atoms with Crippen LogP contribution in [0.25, 0.3) is 0 Å². The molecule has 2 fully saturated rings. The van der Waals surface area contributed by atoms with Crippen molar-refractivity contribution >= 4 is 23.2 Å². The number of carbonyl (C=O) groups is 2. The monoisotopic (exact) mass is 407 g/mol. The van der Waals surface area contributed by atoms with Crippen LogP contribution in [-0.2, 0) is 0 Å². The van der Waals surface area contributed by atoms with Crippen molar-refractivity contribution in [1.29, 1.82) is 0 Å². The molecule has 0 atom stereocenters. The van der Waals surface area contributed by atoms with Gasteiger partial charge in [-0.3, -0.25) is 9.59 Å². The van der Waals surface area contributed by atoms with Crippen LogP contribution in [0.3, 0.4) is 0 Å². The molecule has 158 valence electrons. The third-order valence-corrected chi connectivity index (χ3v) is 6.29. The summed E-state index contributed by atoms with van der Waals surface area (Å²) >= 11 is 0. The number of Topliss-reactive ketones (excluding diaryl/α,β-unsaturated/α-hetero) is 2. The maximum absolute atomic E-state index is 12.9. The van der Waals surface area contributed by atoms with Gasteiger partial charge in [0.1, 0.15) is 23.0 Å². The van der Waals surface area contributed by atoms with Gasteiger partial charge in [-0.15, -0.1) is 0 Å². The van der Waals surface area contributed by atoms with Gasteiger partial charge >= 0.3 is 0 Å². The minimum atomic E-state index is -0.0559. The number of nitrogens with two attached hydrogens (primary N) is 1. The van der Waals surface area contributed by atoms with Crippen LogP contribution < -0.4 is 10.6 Å². The fourth-order valence-corrected chi connectivity index (χ4v) is 4.39. The Labute approximate surface area is 177 Å². The third-order valence-electron chi connectivity index (χ3n) is 6.29. The van der Waals surface area contributed by atoms with Gasteiger partial charge in [0.2, 0.25) is 0 Å². The molecular weight excluding hydrogens is 378 g/mol. The number of carbonyl (C=O) groups excluding carboxylic acids is 2. The Hall–Kier alpha value is -2.80. The van der Waals surface area contributed by atoms with Gasteiger partial charge in [0.15, 0.2) is 11.6 Å². The third kappa shape index (κ3) is 4.51.